The Morgan fingerprint density at radius 1 is 1.19 bits per heavy atom. The highest BCUT2D eigenvalue weighted by atomic mass is 19.1. The number of rotatable bonds is 2. The molecule has 210 valence electrons. The van der Waals surface area contributed by atoms with Crippen molar-refractivity contribution in [1.29, 1.82) is 0 Å². The number of halogens is 1. The summed E-state index contributed by atoms with van der Waals surface area (Å²) in [5, 5.41) is 5.44. The fraction of sp³-hybridized carbons (Fsp3) is 0.324. The van der Waals surface area contributed by atoms with Crippen LogP contribution >= 0.6 is 0 Å². The first-order valence-electron chi connectivity index (χ1n) is 14.5. The van der Waals surface area contributed by atoms with Crippen LogP contribution in [0.2, 0.25) is 0 Å². The number of fused-ring (bicyclic) bond motifs is 3. The van der Waals surface area contributed by atoms with E-state index in [-0.39, 0.29) is 22.8 Å². The smallest absolute Gasteiger partial charge is 0.207 e. The van der Waals surface area contributed by atoms with Crippen molar-refractivity contribution in [2.45, 2.75) is 44.2 Å². The molecular formula is C34H32FN7. The average molecular weight is 558 g/mol. The molecule has 3 aliphatic rings. The van der Waals surface area contributed by atoms with E-state index in [1.807, 2.05) is 24.3 Å². The molecule has 0 amide bonds. The number of benzene rings is 2. The van der Waals surface area contributed by atoms with Gasteiger partial charge in [0, 0.05) is 46.7 Å². The Morgan fingerprint density at radius 3 is 2.76 bits per heavy atom. The largest absolute Gasteiger partial charge is 0.399 e. The van der Waals surface area contributed by atoms with Crippen LogP contribution in [0, 0.1) is 30.0 Å². The van der Waals surface area contributed by atoms with E-state index in [4.69, 9.17) is 22.1 Å². The summed E-state index contributed by atoms with van der Waals surface area (Å²) in [5.74, 6) is 9.88. The first-order valence-corrected chi connectivity index (χ1v) is 14.5. The average Bonchev–Trinajstić information content (AvgIpc) is 3.55. The third kappa shape index (κ3) is 4.31. The van der Waals surface area contributed by atoms with Crippen molar-refractivity contribution in [3.05, 3.63) is 66.0 Å². The quantitative estimate of drug-likeness (QED) is 0.270. The van der Waals surface area contributed by atoms with Gasteiger partial charge in [0.25, 0.3) is 0 Å². The molecule has 7 rings (SSSR count). The summed E-state index contributed by atoms with van der Waals surface area (Å²) in [4.78, 5) is 18.8. The van der Waals surface area contributed by atoms with Crippen molar-refractivity contribution in [3.8, 4) is 35.4 Å². The van der Waals surface area contributed by atoms with E-state index < -0.39 is 5.82 Å². The van der Waals surface area contributed by atoms with Crippen molar-refractivity contribution in [3.63, 3.8) is 0 Å². The predicted molar refractivity (Wildman–Crippen MR) is 166 cm³/mol. The highest BCUT2D eigenvalue weighted by molar-refractivity contribution is 6.03. The Morgan fingerprint density at radius 2 is 2.00 bits per heavy atom. The molecule has 3 saturated heterocycles. The molecule has 3 fully saturated rings. The standard InChI is InChI=1S/C34H32FN7/c1-4-23-8-5-9-24-16-25(36)17-26(29(23)24)31-30(35)32-27(18-37-31)33(41-19-21(2)38-22(3)20-41)40-28(39-32)10-13-34-11-6-14-42(34)15-7-12-34/h1,5,8-9,16-18,22,38H,2,6-7,11-12,14-15,19-20,36H2,3H3/t22-/m0/s1. The number of hydrogen-bond donors (Lipinski definition) is 2. The Kier molecular flexibility index (Phi) is 6.26. The first-order chi connectivity index (χ1) is 20.3. The molecule has 2 aromatic heterocycles. The number of hydrogen-bond acceptors (Lipinski definition) is 7. The van der Waals surface area contributed by atoms with Gasteiger partial charge in [-0.15, -0.1) is 6.42 Å². The van der Waals surface area contributed by atoms with E-state index >= 15 is 4.39 Å². The van der Waals surface area contributed by atoms with Crippen LogP contribution < -0.4 is 16.0 Å². The molecule has 42 heavy (non-hydrogen) atoms. The van der Waals surface area contributed by atoms with Crippen molar-refractivity contribution in [2.75, 3.05) is 36.8 Å². The third-order valence-corrected chi connectivity index (χ3v) is 8.75. The minimum absolute atomic E-state index is 0.135. The SMILES string of the molecule is C#Cc1cccc2cc(N)cc(-c3ncc4c(N5CC(=C)N[C@@H](C)C5)nc(C#CC56CCCN5CCC6)nc4c3F)c12. The molecule has 0 saturated carbocycles. The van der Waals surface area contributed by atoms with E-state index in [0.29, 0.717) is 46.9 Å². The zero-order valence-corrected chi connectivity index (χ0v) is 23.7. The molecule has 0 spiro atoms. The second kappa shape index (κ2) is 10.0. The lowest BCUT2D eigenvalue weighted by atomic mass is 9.95. The van der Waals surface area contributed by atoms with Crippen molar-refractivity contribution in [1.82, 2.24) is 25.2 Å². The van der Waals surface area contributed by atoms with Crippen LogP contribution in [0.5, 0.6) is 0 Å². The summed E-state index contributed by atoms with van der Waals surface area (Å²) < 4.78 is 16.7. The van der Waals surface area contributed by atoms with E-state index in [0.717, 1.165) is 55.2 Å². The summed E-state index contributed by atoms with van der Waals surface area (Å²) in [6.45, 7) is 9.57. The minimum atomic E-state index is -0.554. The van der Waals surface area contributed by atoms with E-state index in [1.165, 1.54) is 0 Å². The number of pyridine rings is 1. The van der Waals surface area contributed by atoms with Crippen molar-refractivity contribution < 1.29 is 4.39 Å². The molecule has 0 bridgehead atoms. The molecular weight excluding hydrogens is 525 g/mol. The van der Waals surface area contributed by atoms with Crippen molar-refractivity contribution >= 4 is 33.2 Å². The third-order valence-electron chi connectivity index (χ3n) is 8.75. The Balaban J connectivity index is 1.45. The maximum atomic E-state index is 16.7. The lowest BCUT2D eigenvalue weighted by Gasteiger charge is -2.35. The van der Waals surface area contributed by atoms with Crippen LogP contribution in [0.1, 0.15) is 44.0 Å². The lowest BCUT2D eigenvalue weighted by Crippen LogP contribution is -2.48. The number of anilines is 2. The summed E-state index contributed by atoms with van der Waals surface area (Å²) in [6.07, 6.45) is 11.8. The number of nitrogens with two attached hydrogens (primary N) is 1. The first kappa shape index (κ1) is 26.3. The summed E-state index contributed by atoms with van der Waals surface area (Å²) in [5.41, 5.74) is 8.97. The van der Waals surface area contributed by atoms with Crippen LogP contribution in [-0.4, -0.2) is 57.6 Å². The number of nitrogens with one attached hydrogen (secondary N) is 1. The molecule has 0 unspecified atom stereocenters. The number of aromatic nitrogens is 3. The van der Waals surface area contributed by atoms with Gasteiger partial charge in [-0.25, -0.2) is 14.4 Å². The second-order valence-electron chi connectivity index (χ2n) is 11.7. The van der Waals surface area contributed by atoms with Crippen molar-refractivity contribution in [2.24, 2.45) is 0 Å². The summed E-state index contributed by atoms with van der Waals surface area (Å²) >= 11 is 0. The molecule has 8 heteroatoms. The summed E-state index contributed by atoms with van der Waals surface area (Å²) in [6, 6.07) is 9.32. The number of piperazine rings is 1. The molecule has 3 N–H and O–H groups in total. The topological polar surface area (TPSA) is 83.2 Å². The number of nitrogen functional groups attached to an aromatic ring is 1. The monoisotopic (exact) mass is 557 g/mol. The molecule has 0 aliphatic carbocycles. The number of terminal acetylenes is 1. The zero-order chi connectivity index (χ0) is 29.0. The fourth-order valence-corrected chi connectivity index (χ4v) is 6.99. The summed E-state index contributed by atoms with van der Waals surface area (Å²) in [7, 11) is 0. The molecule has 0 radical (unpaired) electrons. The fourth-order valence-electron chi connectivity index (χ4n) is 6.99. The van der Waals surface area contributed by atoms with Crippen LogP contribution in [-0.2, 0) is 0 Å². The van der Waals surface area contributed by atoms with Gasteiger partial charge in [0.05, 0.1) is 17.5 Å². The van der Waals surface area contributed by atoms with Gasteiger partial charge in [-0.1, -0.05) is 30.6 Å². The second-order valence-corrected chi connectivity index (χ2v) is 11.7. The van der Waals surface area contributed by atoms with Gasteiger partial charge in [0.1, 0.15) is 17.0 Å². The van der Waals surface area contributed by atoms with E-state index in [1.54, 1.807) is 12.3 Å². The van der Waals surface area contributed by atoms with Crippen LogP contribution in [0.3, 0.4) is 0 Å². The Bertz CT molecular complexity index is 1870. The Labute approximate surface area is 245 Å². The maximum absolute atomic E-state index is 16.7. The molecule has 2 aromatic carbocycles. The van der Waals surface area contributed by atoms with E-state index in [9.17, 15) is 0 Å². The van der Waals surface area contributed by atoms with Gasteiger partial charge >= 0.3 is 0 Å². The van der Waals surface area contributed by atoms with E-state index in [2.05, 4.69) is 51.4 Å². The highest BCUT2D eigenvalue weighted by Gasteiger charge is 2.43. The molecule has 4 aromatic rings. The van der Waals surface area contributed by atoms with Crippen LogP contribution in [0.25, 0.3) is 32.9 Å². The molecule has 1 atom stereocenters. The predicted octanol–water partition coefficient (Wildman–Crippen LogP) is 4.84. The highest BCUT2D eigenvalue weighted by Crippen LogP contribution is 2.39. The molecule has 3 aliphatic heterocycles. The normalized spacial score (nSPS) is 19.8. The Hall–Kier alpha value is -4.66. The van der Waals surface area contributed by atoms with Gasteiger partial charge in [-0.05, 0) is 75.2 Å². The van der Waals surface area contributed by atoms with Gasteiger partial charge < -0.3 is 16.0 Å². The zero-order valence-electron chi connectivity index (χ0n) is 23.7. The van der Waals surface area contributed by atoms with Gasteiger partial charge in [0.15, 0.2) is 5.82 Å². The van der Waals surface area contributed by atoms with Crippen LogP contribution in [0.4, 0.5) is 15.9 Å². The van der Waals surface area contributed by atoms with Gasteiger partial charge in [-0.2, -0.15) is 0 Å². The van der Waals surface area contributed by atoms with Crippen LogP contribution in [0.15, 0.2) is 48.8 Å². The maximum Gasteiger partial charge on any atom is 0.207 e. The minimum Gasteiger partial charge on any atom is -0.399 e. The van der Waals surface area contributed by atoms with Gasteiger partial charge in [-0.3, -0.25) is 9.88 Å². The van der Waals surface area contributed by atoms with Gasteiger partial charge in [0.2, 0.25) is 5.82 Å². The number of nitrogens with zero attached hydrogens (tertiary/aromatic N) is 5. The lowest BCUT2D eigenvalue weighted by molar-refractivity contribution is 0.261. The molecule has 5 heterocycles. The molecule has 7 nitrogen and oxygen atoms in total.